The van der Waals surface area contributed by atoms with Crippen LogP contribution in [0.5, 0.6) is 0 Å². The van der Waals surface area contributed by atoms with Crippen molar-refractivity contribution in [2.24, 2.45) is 0 Å². The van der Waals surface area contributed by atoms with Gasteiger partial charge in [0.05, 0.1) is 5.60 Å². The Morgan fingerprint density at radius 3 is 2.94 bits per heavy atom. The number of ether oxygens (including phenoxy) is 1. The van der Waals surface area contributed by atoms with Gasteiger partial charge in [-0.25, -0.2) is 0 Å². The van der Waals surface area contributed by atoms with E-state index in [4.69, 9.17) is 16.3 Å². The molecule has 1 aromatic carbocycles. The van der Waals surface area contributed by atoms with Gasteiger partial charge in [0.25, 0.3) is 0 Å². The highest BCUT2D eigenvalue weighted by atomic mass is 79.9. The summed E-state index contributed by atoms with van der Waals surface area (Å²) >= 11 is 9.68. The van der Waals surface area contributed by atoms with Crippen LogP contribution in [0.3, 0.4) is 0 Å². The summed E-state index contributed by atoms with van der Waals surface area (Å²) in [5.74, 6) is 0. The van der Waals surface area contributed by atoms with Gasteiger partial charge in [-0.3, -0.25) is 0 Å². The number of benzene rings is 1. The van der Waals surface area contributed by atoms with E-state index in [2.05, 4.69) is 41.2 Å². The Balaban J connectivity index is 1.97. The molecular formula is C14H19BrClNO. The smallest absolute Gasteiger partial charge is 0.0779 e. The van der Waals surface area contributed by atoms with Gasteiger partial charge in [0, 0.05) is 28.7 Å². The number of hydrogen-bond donors (Lipinski definition) is 1. The lowest BCUT2D eigenvalue weighted by atomic mass is 10.0. The standard InChI is InChI=1S/C14H19BrClNO/c1-10(12-5-4-11(15)8-13(12)16)17-9-14(2)6-3-7-18-14/h4-5,8,10,17H,3,6-7,9H2,1-2H3. The Labute approximate surface area is 122 Å². The van der Waals surface area contributed by atoms with Gasteiger partial charge in [-0.15, -0.1) is 0 Å². The summed E-state index contributed by atoms with van der Waals surface area (Å²) in [5, 5.41) is 4.31. The normalized spacial score (nSPS) is 25.3. The van der Waals surface area contributed by atoms with Crippen LogP contribution in [-0.4, -0.2) is 18.8 Å². The Morgan fingerprint density at radius 1 is 1.56 bits per heavy atom. The number of halogens is 2. The second-order valence-electron chi connectivity index (χ2n) is 5.17. The van der Waals surface area contributed by atoms with E-state index in [0.29, 0.717) is 0 Å². The molecule has 1 fully saturated rings. The summed E-state index contributed by atoms with van der Waals surface area (Å²) in [5.41, 5.74) is 1.11. The molecule has 0 aromatic heterocycles. The topological polar surface area (TPSA) is 21.3 Å². The number of rotatable bonds is 4. The quantitative estimate of drug-likeness (QED) is 0.886. The third-order valence-corrected chi connectivity index (χ3v) is 4.33. The summed E-state index contributed by atoms with van der Waals surface area (Å²) in [6, 6.07) is 6.24. The summed E-state index contributed by atoms with van der Waals surface area (Å²) in [4.78, 5) is 0. The van der Waals surface area contributed by atoms with Gasteiger partial charge in [0.2, 0.25) is 0 Å². The van der Waals surface area contributed by atoms with E-state index < -0.39 is 0 Å². The fourth-order valence-electron chi connectivity index (χ4n) is 2.31. The van der Waals surface area contributed by atoms with E-state index in [0.717, 1.165) is 41.1 Å². The van der Waals surface area contributed by atoms with Crippen molar-refractivity contribution in [3.8, 4) is 0 Å². The highest BCUT2D eigenvalue weighted by molar-refractivity contribution is 9.10. The first-order valence-corrected chi connectivity index (χ1v) is 7.50. The molecule has 1 aromatic rings. The maximum absolute atomic E-state index is 6.25. The van der Waals surface area contributed by atoms with E-state index in [1.165, 1.54) is 0 Å². The summed E-state index contributed by atoms with van der Waals surface area (Å²) in [7, 11) is 0. The zero-order valence-corrected chi connectivity index (χ0v) is 13.1. The minimum atomic E-state index is -0.0178. The molecule has 1 heterocycles. The lowest BCUT2D eigenvalue weighted by molar-refractivity contribution is 0.0191. The third kappa shape index (κ3) is 3.47. The van der Waals surface area contributed by atoms with Crippen LogP contribution >= 0.6 is 27.5 Å². The second kappa shape index (κ2) is 5.91. The molecule has 0 aliphatic carbocycles. The van der Waals surface area contributed by atoms with Crippen molar-refractivity contribution in [2.75, 3.05) is 13.2 Å². The molecule has 1 aliphatic heterocycles. The molecule has 0 radical (unpaired) electrons. The molecule has 1 N–H and O–H groups in total. The Morgan fingerprint density at radius 2 is 2.33 bits per heavy atom. The lowest BCUT2D eigenvalue weighted by Crippen LogP contribution is -2.38. The van der Waals surface area contributed by atoms with E-state index in [1.807, 2.05) is 12.1 Å². The highest BCUT2D eigenvalue weighted by Crippen LogP contribution is 2.28. The molecule has 2 unspecified atom stereocenters. The Bertz CT molecular complexity index is 418. The molecule has 2 rings (SSSR count). The molecule has 1 aliphatic rings. The predicted molar refractivity (Wildman–Crippen MR) is 79.2 cm³/mol. The van der Waals surface area contributed by atoms with Crippen LogP contribution in [0, 0.1) is 0 Å². The van der Waals surface area contributed by atoms with Gasteiger partial charge >= 0.3 is 0 Å². The van der Waals surface area contributed by atoms with Crippen molar-refractivity contribution in [1.82, 2.24) is 5.32 Å². The number of hydrogen-bond acceptors (Lipinski definition) is 2. The van der Waals surface area contributed by atoms with Crippen molar-refractivity contribution >= 4 is 27.5 Å². The third-order valence-electron chi connectivity index (χ3n) is 3.51. The fraction of sp³-hybridized carbons (Fsp3) is 0.571. The van der Waals surface area contributed by atoms with Crippen LogP contribution < -0.4 is 5.32 Å². The van der Waals surface area contributed by atoms with Crippen LogP contribution in [0.15, 0.2) is 22.7 Å². The van der Waals surface area contributed by atoms with Gasteiger partial charge < -0.3 is 10.1 Å². The first-order valence-electron chi connectivity index (χ1n) is 6.32. The molecule has 100 valence electrons. The number of nitrogens with one attached hydrogen (secondary N) is 1. The fourth-order valence-corrected chi connectivity index (χ4v) is 3.14. The van der Waals surface area contributed by atoms with Gasteiger partial charge in [0.1, 0.15) is 0 Å². The second-order valence-corrected chi connectivity index (χ2v) is 6.49. The van der Waals surface area contributed by atoms with Crippen LogP contribution in [-0.2, 0) is 4.74 Å². The van der Waals surface area contributed by atoms with Crippen LogP contribution in [0.2, 0.25) is 5.02 Å². The van der Waals surface area contributed by atoms with Gasteiger partial charge in [0.15, 0.2) is 0 Å². The van der Waals surface area contributed by atoms with Crippen LogP contribution in [0.1, 0.15) is 38.3 Å². The summed E-state index contributed by atoms with van der Waals surface area (Å²) in [6.45, 7) is 6.04. The first-order chi connectivity index (χ1) is 8.50. The first kappa shape index (κ1) is 14.3. The van der Waals surface area contributed by atoms with Crippen molar-refractivity contribution in [3.63, 3.8) is 0 Å². The van der Waals surface area contributed by atoms with Crippen LogP contribution in [0.4, 0.5) is 0 Å². The Hall–Kier alpha value is -0.0900. The monoisotopic (exact) mass is 331 g/mol. The molecule has 0 bridgehead atoms. The molecule has 2 nitrogen and oxygen atoms in total. The van der Waals surface area contributed by atoms with E-state index in [1.54, 1.807) is 0 Å². The Kier molecular flexibility index (Phi) is 4.70. The molecule has 0 amide bonds. The zero-order chi connectivity index (χ0) is 13.2. The molecule has 18 heavy (non-hydrogen) atoms. The van der Waals surface area contributed by atoms with Crippen molar-refractivity contribution in [3.05, 3.63) is 33.3 Å². The van der Waals surface area contributed by atoms with E-state index in [9.17, 15) is 0 Å². The van der Waals surface area contributed by atoms with Gasteiger partial charge in [-0.05, 0) is 44.4 Å². The minimum Gasteiger partial charge on any atom is -0.374 e. The van der Waals surface area contributed by atoms with Crippen molar-refractivity contribution < 1.29 is 4.74 Å². The molecule has 2 atom stereocenters. The predicted octanol–water partition coefficient (Wildman–Crippen LogP) is 4.32. The highest BCUT2D eigenvalue weighted by Gasteiger charge is 2.29. The maximum Gasteiger partial charge on any atom is 0.0779 e. The van der Waals surface area contributed by atoms with Crippen LogP contribution in [0.25, 0.3) is 0 Å². The molecule has 0 spiro atoms. The summed E-state index contributed by atoms with van der Waals surface area (Å²) in [6.07, 6.45) is 2.28. The maximum atomic E-state index is 6.25. The zero-order valence-electron chi connectivity index (χ0n) is 10.8. The average molecular weight is 333 g/mol. The van der Waals surface area contributed by atoms with Crippen molar-refractivity contribution in [2.45, 2.75) is 38.3 Å². The molecule has 0 saturated carbocycles. The largest absolute Gasteiger partial charge is 0.374 e. The average Bonchev–Trinajstić information content (AvgIpc) is 2.74. The molecule has 1 saturated heterocycles. The van der Waals surface area contributed by atoms with Crippen molar-refractivity contribution in [1.29, 1.82) is 0 Å². The molecular weight excluding hydrogens is 314 g/mol. The lowest BCUT2D eigenvalue weighted by Gasteiger charge is -2.26. The van der Waals surface area contributed by atoms with Gasteiger partial charge in [-0.1, -0.05) is 33.6 Å². The van der Waals surface area contributed by atoms with E-state index >= 15 is 0 Å². The SMILES string of the molecule is CC(NCC1(C)CCCO1)c1ccc(Br)cc1Cl. The summed E-state index contributed by atoms with van der Waals surface area (Å²) < 4.78 is 6.78. The van der Waals surface area contributed by atoms with E-state index in [-0.39, 0.29) is 11.6 Å². The molecule has 4 heteroatoms. The van der Waals surface area contributed by atoms with Gasteiger partial charge in [-0.2, -0.15) is 0 Å². The minimum absolute atomic E-state index is 0.0178.